The number of aromatic nitrogens is 4. The van der Waals surface area contributed by atoms with Crippen LogP contribution in [0.5, 0.6) is 23.0 Å². The molecular weight excluding hydrogens is 1410 g/mol. The molecule has 23 nitrogen and oxygen atoms in total. The predicted octanol–water partition coefficient (Wildman–Crippen LogP) is 11.3. The number of rotatable bonds is 43. The minimum absolute atomic E-state index is 0.0267. The van der Waals surface area contributed by atoms with Crippen molar-refractivity contribution >= 4 is 64.8 Å². The first-order valence-corrected chi connectivity index (χ1v) is 39.5. The van der Waals surface area contributed by atoms with E-state index < -0.39 is 21.8 Å². The van der Waals surface area contributed by atoms with Crippen molar-refractivity contribution in [2.75, 3.05) is 178 Å². The summed E-state index contributed by atoms with van der Waals surface area (Å²) in [6, 6.07) is 25.4. The van der Waals surface area contributed by atoms with Crippen molar-refractivity contribution in [3.8, 4) is 44.1 Å². The standard InChI is InChI=1S/C38H47FN4O6S.C29H29FN4O2S.C10H22O7S/c1-45-16-17-47-20-21-48-19-18-46-15-14-42-10-12-43(13-11-42)27-30-4-6-33(41-26-30)37-25-34-38(50-37)36(8-9-40-34)49-35-7-5-29(24-32(35)39)23-31(44)22-28-2-3-28;30-23-15-20(14-22(35)13-19-1-2-19)4-6-26(23)36-27-7-8-32-25-16-28(37-29(25)27)24-5-3-21(17-33-24)18-34-11-9-31-10-12-34;1-13-3-4-14-5-6-15-7-8-16-9-10-17-18(2,11)12/h4-9,24-26,28H,2-3,10-23,27H2,1H3;3-8,15-17,19,31H,1-2,9-14,18H2;3-10H2,1-2H3. The van der Waals surface area contributed by atoms with Crippen molar-refractivity contribution in [1.29, 1.82) is 0 Å². The second-order valence-corrected chi connectivity index (χ2v) is 29.9. The lowest BCUT2D eigenvalue weighted by Crippen LogP contribution is -2.46. The normalized spacial score (nSPS) is 15.2. The highest BCUT2D eigenvalue weighted by Gasteiger charge is 2.26. The van der Waals surface area contributed by atoms with Gasteiger partial charge in [-0.05, 0) is 108 Å². The zero-order chi connectivity index (χ0) is 73.4. The summed E-state index contributed by atoms with van der Waals surface area (Å²) < 4.78 is 111. The molecule has 0 atom stereocenters. The first-order valence-electron chi connectivity index (χ1n) is 36.0. The highest BCUT2D eigenvalue weighted by molar-refractivity contribution is 7.86. The van der Waals surface area contributed by atoms with Gasteiger partial charge in [0.05, 0.1) is 147 Å². The van der Waals surface area contributed by atoms with Gasteiger partial charge in [-0.1, -0.05) is 24.3 Å². The maximum Gasteiger partial charge on any atom is 0.264 e. The number of thiophene rings is 2. The van der Waals surface area contributed by atoms with E-state index in [-0.39, 0.29) is 49.1 Å². The Morgan fingerprint density at radius 1 is 0.476 bits per heavy atom. The van der Waals surface area contributed by atoms with Crippen molar-refractivity contribution in [1.82, 2.24) is 40.0 Å². The van der Waals surface area contributed by atoms with Crippen LogP contribution in [-0.4, -0.2) is 233 Å². The van der Waals surface area contributed by atoms with Gasteiger partial charge in [-0.3, -0.25) is 48.4 Å². The van der Waals surface area contributed by atoms with E-state index in [1.54, 1.807) is 63.0 Å². The van der Waals surface area contributed by atoms with Crippen LogP contribution in [0.15, 0.2) is 110 Å². The Morgan fingerprint density at radius 3 is 1.28 bits per heavy atom. The van der Waals surface area contributed by atoms with E-state index in [0.717, 1.165) is 146 Å². The van der Waals surface area contributed by atoms with E-state index in [1.807, 2.05) is 30.6 Å². The molecule has 2 aliphatic heterocycles. The number of benzene rings is 2. The predicted molar refractivity (Wildman–Crippen MR) is 400 cm³/mol. The number of ketones is 2. The molecule has 0 unspecified atom stereocenters. The zero-order valence-corrected chi connectivity index (χ0v) is 62.8. The number of piperazine rings is 2. The van der Waals surface area contributed by atoms with Crippen molar-refractivity contribution in [3.63, 3.8) is 0 Å². The number of nitrogens with zero attached hydrogens (tertiary/aromatic N) is 7. The molecular formula is C77H98F2N8O15S3. The average Bonchev–Trinajstić information content (AvgIpc) is 1.69. The molecule has 568 valence electrons. The smallest absolute Gasteiger partial charge is 0.264 e. The number of pyridine rings is 4. The molecule has 8 aromatic rings. The third-order valence-electron chi connectivity index (χ3n) is 17.5. The number of halogens is 2. The van der Waals surface area contributed by atoms with E-state index in [2.05, 4.69) is 52.4 Å². The van der Waals surface area contributed by atoms with Crippen molar-refractivity contribution < 1.29 is 78.3 Å². The van der Waals surface area contributed by atoms with Gasteiger partial charge in [0.25, 0.3) is 10.1 Å². The molecule has 0 amide bonds. The minimum atomic E-state index is -3.37. The molecule has 2 saturated heterocycles. The van der Waals surface area contributed by atoms with Crippen LogP contribution in [0.1, 0.15) is 60.8 Å². The van der Waals surface area contributed by atoms with Gasteiger partial charge in [-0.25, -0.2) is 8.78 Å². The molecule has 4 fully saturated rings. The molecule has 8 heterocycles. The third kappa shape index (κ3) is 28.7. The second-order valence-electron chi connectivity index (χ2n) is 26.2. The molecule has 6 aromatic heterocycles. The summed E-state index contributed by atoms with van der Waals surface area (Å²) in [5.41, 5.74) is 7.02. The fraction of sp³-hybridized carbons (Fsp3) is 0.506. The van der Waals surface area contributed by atoms with E-state index in [1.165, 1.54) is 45.9 Å². The largest absolute Gasteiger partial charge is 0.453 e. The molecule has 2 aromatic carbocycles. The van der Waals surface area contributed by atoms with Gasteiger partial charge < -0.3 is 52.7 Å². The number of Topliss-reactive ketones (excluding diaryl/α,β-unsaturated/α-hetero) is 2. The zero-order valence-electron chi connectivity index (χ0n) is 60.3. The van der Waals surface area contributed by atoms with Gasteiger partial charge in [-0.15, -0.1) is 22.7 Å². The highest BCUT2D eigenvalue weighted by Crippen LogP contribution is 2.42. The Bertz CT molecular complexity index is 4060. The first-order chi connectivity index (χ1) is 51.2. The van der Waals surface area contributed by atoms with Gasteiger partial charge >= 0.3 is 0 Å². The van der Waals surface area contributed by atoms with Crippen molar-refractivity contribution in [2.24, 2.45) is 11.8 Å². The maximum atomic E-state index is 15.0. The summed E-state index contributed by atoms with van der Waals surface area (Å²) in [5, 5.41) is 3.38. The molecule has 2 saturated carbocycles. The van der Waals surface area contributed by atoms with Gasteiger partial charge in [0.15, 0.2) is 23.1 Å². The molecule has 28 heteroatoms. The fourth-order valence-electron chi connectivity index (χ4n) is 11.5. The summed E-state index contributed by atoms with van der Waals surface area (Å²) in [5.74, 6) is 1.79. The maximum absolute atomic E-state index is 15.0. The molecule has 2 aliphatic carbocycles. The van der Waals surface area contributed by atoms with Crippen LogP contribution in [0.3, 0.4) is 0 Å². The van der Waals surface area contributed by atoms with Crippen LogP contribution < -0.4 is 14.8 Å². The summed E-state index contributed by atoms with van der Waals surface area (Å²) in [7, 11) is -0.100. The van der Waals surface area contributed by atoms with Crippen LogP contribution in [0, 0.1) is 23.5 Å². The lowest BCUT2D eigenvalue weighted by atomic mass is 10.0. The highest BCUT2D eigenvalue weighted by atomic mass is 32.2. The van der Waals surface area contributed by atoms with Gasteiger partial charge in [-0.2, -0.15) is 8.42 Å². The molecule has 12 rings (SSSR count). The van der Waals surface area contributed by atoms with Crippen molar-refractivity contribution in [2.45, 2.75) is 64.5 Å². The van der Waals surface area contributed by atoms with E-state index in [0.29, 0.717) is 133 Å². The molecule has 4 aliphatic rings. The Balaban J connectivity index is 0.000000188. The molecule has 105 heavy (non-hydrogen) atoms. The number of ether oxygens (including phenoxy) is 10. The number of carbonyl (C=O) groups excluding carboxylic acids is 2. The second kappa shape index (κ2) is 43.3. The van der Waals surface area contributed by atoms with E-state index in [4.69, 9.17) is 57.3 Å². The minimum Gasteiger partial charge on any atom is -0.453 e. The Hall–Kier alpha value is -6.81. The average molecular weight is 1510 g/mol. The van der Waals surface area contributed by atoms with Crippen LogP contribution >= 0.6 is 22.7 Å². The Labute approximate surface area is 622 Å². The SMILES string of the molecule is COCCOCCOCCOCCN1CCN(Cc2ccc(-c3cc4nccc(Oc5ccc(CC(=O)CC6CC6)cc5F)c4s3)nc2)CC1.COCCOCCOCCOCCOS(C)(=O)=O.O=C(Cc1ccc(Oc2ccnc3cc(-c4ccc(CN5CCNCC5)cn4)sc23)c(F)c1)CC1CC1. The van der Waals surface area contributed by atoms with Gasteiger partial charge in [0.2, 0.25) is 0 Å². The third-order valence-corrected chi connectivity index (χ3v) is 20.4. The summed E-state index contributed by atoms with van der Waals surface area (Å²) >= 11 is 3.05. The number of fused-ring (bicyclic) bond motifs is 2. The fourth-order valence-corrected chi connectivity index (χ4v) is 14.0. The molecule has 1 N–H and O–H groups in total. The number of carbonyl (C=O) groups is 2. The number of hydrogen-bond donors (Lipinski definition) is 1. The Kier molecular flexibility index (Phi) is 33.3. The number of methoxy groups -OCH3 is 2. The van der Waals surface area contributed by atoms with E-state index >= 15 is 4.39 Å². The molecule has 0 radical (unpaired) electrons. The van der Waals surface area contributed by atoms with Crippen LogP contribution in [0.2, 0.25) is 0 Å². The quantitative estimate of drug-likeness (QED) is 0.0276. The summed E-state index contributed by atoms with van der Waals surface area (Å²) in [6.45, 7) is 18.3. The van der Waals surface area contributed by atoms with Gasteiger partial charge in [0, 0.05) is 149 Å². The summed E-state index contributed by atoms with van der Waals surface area (Å²) in [6.07, 6.45) is 14.5. The lowest BCUT2D eigenvalue weighted by molar-refractivity contribution is -0.119. The first kappa shape index (κ1) is 80.7. The van der Waals surface area contributed by atoms with Crippen LogP contribution in [-0.2, 0) is 87.7 Å². The summed E-state index contributed by atoms with van der Waals surface area (Å²) in [4.78, 5) is 52.2. The Morgan fingerprint density at radius 2 is 0.876 bits per heavy atom. The molecule has 0 bridgehead atoms. The topological polar surface area (TPSA) is 243 Å². The van der Waals surface area contributed by atoms with E-state index in [9.17, 15) is 22.4 Å². The van der Waals surface area contributed by atoms with Crippen molar-refractivity contribution in [3.05, 3.63) is 144 Å². The monoisotopic (exact) mass is 1510 g/mol. The number of hydrogen-bond acceptors (Lipinski definition) is 25. The van der Waals surface area contributed by atoms with Gasteiger partial charge in [0.1, 0.15) is 23.1 Å². The van der Waals surface area contributed by atoms with Crippen LogP contribution in [0.25, 0.3) is 41.6 Å². The molecule has 0 spiro atoms. The van der Waals surface area contributed by atoms with Crippen LogP contribution in [0.4, 0.5) is 8.78 Å². The number of nitrogens with one attached hydrogen (secondary N) is 1. The lowest BCUT2D eigenvalue weighted by Gasteiger charge is -2.34.